The predicted molar refractivity (Wildman–Crippen MR) is 68.7 cm³/mol. The molecule has 1 aliphatic carbocycles. The third-order valence-corrected chi connectivity index (χ3v) is 3.92. The Balaban J connectivity index is 2.06. The van der Waals surface area contributed by atoms with Gasteiger partial charge in [-0.05, 0) is 19.8 Å². The molecule has 0 aromatic carbocycles. The standard InChI is InChI=1S/C11H18N4S/c1-2-13-9-7-10(15-11(12)14-9)16-8-5-3-4-6-8/h7-8H,2-6H2,1H3,(H3,12,13,14,15). The average Bonchev–Trinajstić information content (AvgIpc) is 2.70. The summed E-state index contributed by atoms with van der Waals surface area (Å²) in [4.78, 5) is 8.41. The molecule has 1 fully saturated rings. The number of nitrogens with two attached hydrogens (primary N) is 1. The molecule has 1 aromatic heterocycles. The van der Waals surface area contributed by atoms with E-state index in [2.05, 4.69) is 15.3 Å². The van der Waals surface area contributed by atoms with Crippen LogP contribution in [-0.2, 0) is 0 Å². The van der Waals surface area contributed by atoms with Crippen molar-refractivity contribution in [1.82, 2.24) is 9.97 Å². The van der Waals surface area contributed by atoms with E-state index in [0.717, 1.165) is 17.4 Å². The molecule has 16 heavy (non-hydrogen) atoms. The molecule has 1 aromatic rings. The fraction of sp³-hybridized carbons (Fsp3) is 0.636. The Morgan fingerprint density at radius 3 is 2.88 bits per heavy atom. The molecule has 0 atom stereocenters. The van der Waals surface area contributed by atoms with Crippen molar-refractivity contribution in [2.24, 2.45) is 0 Å². The van der Waals surface area contributed by atoms with Gasteiger partial charge < -0.3 is 11.1 Å². The van der Waals surface area contributed by atoms with Gasteiger partial charge in [-0.2, -0.15) is 4.98 Å². The highest BCUT2D eigenvalue weighted by Crippen LogP contribution is 2.34. The summed E-state index contributed by atoms with van der Waals surface area (Å²) in [6.07, 6.45) is 5.28. The first-order valence-electron chi connectivity index (χ1n) is 5.83. The Hall–Kier alpha value is -0.970. The first kappa shape index (κ1) is 11.5. The van der Waals surface area contributed by atoms with Crippen LogP contribution in [0, 0.1) is 0 Å². The molecule has 1 aliphatic rings. The molecule has 88 valence electrons. The first-order chi connectivity index (χ1) is 7.78. The van der Waals surface area contributed by atoms with Gasteiger partial charge in [-0.1, -0.05) is 12.8 Å². The molecule has 2 rings (SSSR count). The van der Waals surface area contributed by atoms with Crippen LogP contribution in [0.15, 0.2) is 11.1 Å². The number of aromatic nitrogens is 2. The topological polar surface area (TPSA) is 63.8 Å². The number of nitrogen functional groups attached to an aromatic ring is 1. The molecule has 0 bridgehead atoms. The number of nitrogens with zero attached hydrogens (tertiary/aromatic N) is 2. The van der Waals surface area contributed by atoms with Gasteiger partial charge >= 0.3 is 0 Å². The van der Waals surface area contributed by atoms with Crippen LogP contribution in [0.4, 0.5) is 11.8 Å². The lowest BCUT2D eigenvalue weighted by atomic mass is 10.4. The highest BCUT2D eigenvalue weighted by molar-refractivity contribution is 7.99. The van der Waals surface area contributed by atoms with Crippen LogP contribution in [-0.4, -0.2) is 21.8 Å². The van der Waals surface area contributed by atoms with Crippen molar-refractivity contribution >= 4 is 23.5 Å². The van der Waals surface area contributed by atoms with Gasteiger partial charge in [0, 0.05) is 17.9 Å². The molecule has 0 amide bonds. The minimum absolute atomic E-state index is 0.360. The fourth-order valence-electron chi connectivity index (χ4n) is 1.95. The molecule has 0 unspecified atom stereocenters. The van der Waals surface area contributed by atoms with Crippen molar-refractivity contribution < 1.29 is 0 Å². The van der Waals surface area contributed by atoms with Crippen LogP contribution in [0.25, 0.3) is 0 Å². The molecule has 4 nitrogen and oxygen atoms in total. The second kappa shape index (κ2) is 5.39. The minimum Gasteiger partial charge on any atom is -0.370 e. The minimum atomic E-state index is 0.360. The molecular formula is C11H18N4S. The lowest BCUT2D eigenvalue weighted by molar-refractivity contribution is 0.886. The quantitative estimate of drug-likeness (QED) is 0.789. The van der Waals surface area contributed by atoms with E-state index in [1.807, 2.05) is 24.8 Å². The van der Waals surface area contributed by atoms with Crippen LogP contribution in [0.3, 0.4) is 0 Å². The van der Waals surface area contributed by atoms with E-state index in [4.69, 9.17) is 5.73 Å². The van der Waals surface area contributed by atoms with E-state index in [-0.39, 0.29) is 0 Å². The van der Waals surface area contributed by atoms with Crippen LogP contribution < -0.4 is 11.1 Å². The summed E-state index contributed by atoms with van der Waals surface area (Å²) in [6, 6.07) is 1.99. The summed E-state index contributed by atoms with van der Waals surface area (Å²) >= 11 is 1.83. The molecule has 0 saturated heterocycles. The zero-order valence-corrected chi connectivity index (χ0v) is 10.4. The molecule has 1 heterocycles. The summed E-state index contributed by atoms with van der Waals surface area (Å²) in [7, 11) is 0. The van der Waals surface area contributed by atoms with E-state index < -0.39 is 0 Å². The largest absolute Gasteiger partial charge is 0.370 e. The number of nitrogens with one attached hydrogen (secondary N) is 1. The second-order valence-corrected chi connectivity index (χ2v) is 5.32. The Labute approximate surface area is 100 Å². The Kier molecular flexibility index (Phi) is 3.88. The maximum Gasteiger partial charge on any atom is 0.223 e. The number of anilines is 2. The molecule has 1 saturated carbocycles. The lowest BCUT2D eigenvalue weighted by Gasteiger charge is -2.10. The third-order valence-electron chi connectivity index (χ3n) is 2.67. The summed E-state index contributed by atoms with van der Waals surface area (Å²) in [5.41, 5.74) is 5.69. The SMILES string of the molecule is CCNc1cc(SC2CCCC2)nc(N)n1. The zero-order valence-electron chi connectivity index (χ0n) is 9.57. The maximum absolute atomic E-state index is 5.69. The third kappa shape index (κ3) is 3.01. The van der Waals surface area contributed by atoms with Gasteiger partial charge in [0.05, 0.1) is 0 Å². The van der Waals surface area contributed by atoms with Crippen LogP contribution in [0.1, 0.15) is 32.6 Å². The summed E-state index contributed by atoms with van der Waals surface area (Å²) in [6.45, 7) is 2.89. The Morgan fingerprint density at radius 1 is 1.44 bits per heavy atom. The molecular weight excluding hydrogens is 220 g/mol. The summed E-state index contributed by atoms with van der Waals surface area (Å²) < 4.78 is 0. The van der Waals surface area contributed by atoms with Crippen LogP contribution >= 0.6 is 11.8 Å². The van der Waals surface area contributed by atoms with Crippen molar-refractivity contribution in [3.8, 4) is 0 Å². The molecule has 0 aliphatic heterocycles. The fourth-order valence-corrected chi connectivity index (χ4v) is 3.19. The molecule has 3 N–H and O–H groups in total. The van der Waals surface area contributed by atoms with E-state index in [9.17, 15) is 0 Å². The number of thioether (sulfide) groups is 1. The lowest BCUT2D eigenvalue weighted by Crippen LogP contribution is -2.05. The Bertz CT molecular complexity index is 350. The van der Waals surface area contributed by atoms with Crippen molar-refractivity contribution in [2.45, 2.75) is 42.9 Å². The zero-order chi connectivity index (χ0) is 11.4. The normalized spacial score (nSPS) is 16.6. The van der Waals surface area contributed by atoms with Crippen molar-refractivity contribution in [3.05, 3.63) is 6.07 Å². The average molecular weight is 238 g/mol. The van der Waals surface area contributed by atoms with Gasteiger partial charge in [-0.25, -0.2) is 4.98 Å². The van der Waals surface area contributed by atoms with Crippen LogP contribution in [0.5, 0.6) is 0 Å². The monoisotopic (exact) mass is 238 g/mol. The van der Waals surface area contributed by atoms with E-state index in [1.54, 1.807) is 0 Å². The smallest absolute Gasteiger partial charge is 0.223 e. The van der Waals surface area contributed by atoms with Crippen molar-refractivity contribution in [1.29, 1.82) is 0 Å². The van der Waals surface area contributed by atoms with Crippen molar-refractivity contribution in [3.63, 3.8) is 0 Å². The molecule has 5 heteroatoms. The van der Waals surface area contributed by atoms with Gasteiger partial charge in [0.25, 0.3) is 0 Å². The highest BCUT2D eigenvalue weighted by atomic mass is 32.2. The molecule has 0 radical (unpaired) electrons. The van der Waals surface area contributed by atoms with Crippen LogP contribution in [0.2, 0.25) is 0 Å². The van der Waals surface area contributed by atoms with E-state index >= 15 is 0 Å². The number of rotatable bonds is 4. The van der Waals surface area contributed by atoms with Gasteiger partial charge in [-0.15, -0.1) is 11.8 Å². The van der Waals surface area contributed by atoms with Gasteiger partial charge in [0.1, 0.15) is 10.8 Å². The first-order valence-corrected chi connectivity index (χ1v) is 6.71. The maximum atomic E-state index is 5.69. The van der Waals surface area contributed by atoms with Gasteiger partial charge in [0.15, 0.2) is 0 Å². The summed E-state index contributed by atoms with van der Waals surface area (Å²) in [5, 5.41) is 4.88. The van der Waals surface area contributed by atoms with E-state index in [0.29, 0.717) is 11.2 Å². The number of hydrogen-bond donors (Lipinski definition) is 2. The second-order valence-electron chi connectivity index (χ2n) is 4.00. The highest BCUT2D eigenvalue weighted by Gasteiger charge is 2.17. The van der Waals surface area contributed by atoms with Gasteiger partial charge in [-0.3, -0.25) is 0 Å². The number of hydrogen-bond acceptors (Lipinski definition) is 5. The predicted octanol–water partition coefficient (Wildman–Crippen LogP) is 2.53. The Morgan fingerprint density at radius 2 is 2.19 bits per heavy atom. The molecule has 0 spiro atoms. The van der Waals surface area contributed by atoms with Crippen molar-refractivity contribution in [2.75, 3.05) is 17.6 Å². The van der Waals surface area contributed by atoms with E-state index in [1.165, 1.54) is 25.7 Å². The van der Waals surface area contributed by atoms with Gasteiger partial charge in [0.2, 0.25) is 5.95 Å². The summed E-state index contributed by atoms with van der Waals surface area (Å²) in [5.74, 6) is 1.19.